The second-order valence-electron chi connectivity index (χ2n) is 3.75. The summed E-state index contributed by atoms with van der Waals surface area (Å²) in [5, 5.41) is 0. The molecule has 0 radical (unpaired) electrons. The molecule has 0 amide bonds. The van der Waals surface area contributed by atoms with Crippen molar-refractivity contribution in [3.63, 3.8) is 0 Å². The fraction of sp³-hybridized carbons (Fsp3) is 0.538. The second-order valence-corrected chi connectivity index (χ2v) is 3.75. The molecule has 2 heteroatoms. The number of hydrogen-bond donors (Lipinski definition) is 0. The zero-order chi connectivity index (χ0) is 11.3. The normalized spacial score (nSPS) is 12.5. The Kier molecular flexibility index (Phi) is 4.60. The maximum Gasteiger partial charge on any atom is 0.119 e. The molecular formula is C13H19FO. The summed E-state index contributed by atoms with van der Waals surface area (Å²) in [4.78, 5) is 0. The Labute approximate surface area is 91.3 Å². The highest BCUT2D eigenvalue weighted by Gasteiger charge is 2.08. The molecule has 0 heterocycles. The molecule has 1 atom stereocenters. The van der Waals surface area contributed by atoms with E-state index in [0.717, 1.165) is 17.7 Å². The van der Waals surface area contributed by atoms with Crippen molar-refractivity contribution in [1.82, 2.24) is 0 Å². The smallest absolute Gasteiger partial charge is 0.119 e. The summed E-state index contributed by atoms with van der Waals surface area (Å²) in [7, 11) is 0. The third-order valence-electron chi connectivity index (χ3n) is 2.51. The highest BCUT2D eigenvalue weighted by Crippen LogP contribution is 2.24. The first-order valence-corrected chi connectivity index (χ1v) is 5.53. The third-order valence-corrected chi connectivity index (χ3v) is 2.51. The summed E-state index contributed by atoms with van der Waals surface area (Å²) >= 11 is 0. The van der Waals surface area contributed by atoms with E-state index < -0.39 is 0 Å². The Hall–Kier alpha value is -1.05. The van der Waals surface area contributed by atoms with Crippen LogP contribution >= 0.6 is 0 Å². The average molecular weight is 210 g/mol. The number of halogens is 1. The van der Waals surface area contributed by atoms with Crippen LogP contribution in [0, 0.1) is 0 Å². The van der Waals surface area contributed by atoms with Gasteiger partial charge >= 0.3 is 0 Å². The molecule has 0 aliphatic heterocycles. The fourth-order valence-corrected chi connectivity index (χ4v) is 1.51. The second kappa shape index (κ2) is 5.74. The van der Waals surface area contributed by atoms with Crippen LogP contribution < -0.4 is 4.74 Å². The van der Waals surface area contributed by atoms with Crippen LogP contribution in [0.15, 0.2) is 18.2 Å². The predicted molar refractivity (Wildman–Crippen MR) is 61.4 cm³/mol. The minimum atomic E-state index is -0.321. The molecule has 1 aromatic rings. The van der Waals surface area contributed by atoms with E-state index in [4.69, 9.17) is 4.74 Å². The summed E-state index contributed by atoms with van der Waals surface area (Å²) in [5.74, 6) is 0.808. The van der Waals surface area contributed by atoms with E-state index in [2.05, 4.69) is 13.0 Å². The topological polar surface area (TPSA) is 9.23 Å². The summed E-state index contributed by atoms with van der Waals surface area (Å²) in [6, 6.07) is 6.03. The molecule has 0 fully saturated rings. The van der Waals surface area contributed by atoms with Crippen LogP contribution in [0.2, 0.25) is 0 Å². The van der Waals surface area contributed by atoms with Crippen molar-refractivity contribution in [2.24, 2.45) is 0 Å². The van der Waals surface area contributed by atoms with Crippen LogP contribution in [0.3, 0.4) is 0 Å². The van der Waals surface area contributed by atoms with Gasteiger partial charge in [-0.2, -0.15) is 0 Å². The third kappa shape index (κ3) is 3.22. The van der Waals surface area contributed by atoms with Crippen molar-refractivity contribution in [2.45, 2.75) is 33.1 Å². The molecule has 0 spiro atoms. The van der Waals surface area contributed by atoms with E-state index in [9.17, 15) is 4.39 Å². The highest BCUT2D eigenvalue weighted by molar-refractivity contribution is 5.36. The van der Waals surface area contributed by atoms with Gasteiger partial charge in [0.25, 0.3) is 0 Å². The van der Waals surface area contributed by atoms with E-state index in [1.165, 1.54) is 5.56 Å². The molecule has 1 nitrogen and oxygen atoms in total. The Morgan fingerprint density at radius 1 is 1.27 bits per heavy atom. The molecule has 0 bridgehead atoms. The quantitative estimate of drug-likeness (QED) is 0.719. The number of rotatable bonds is 5. The van der Waals surface area contributed by atoms with E-state index in [1.54, 1.807) is 0 Å². The Morgan fingerprint density at radius 2 is 2.00 bits per heavy atom. The zero-order valence-electron chi connectivity index (χ0n) is 9.72. The van der Waals surface area contributed by atoms with Gasteiger partial charge in [-0.25, -0.2) is 0 Å². The lowest BCUT2D eigenvalue weighted by Crippen LogP contribution is -1.99. The maximum absolute atomic E-state index is 12.6. The first kappa shape index (κ1) is 12.0. The predicted octanol–water partition coefficient (Wildman–Crippen LogP) is 3.72. The average Bonchev–Trinajstić information content (AvgIpc) is 2.28. The maximum atomic E-state index is 12.6. The highest BCUT2D eigenvalue weighted by atomic mass is 19.1. The van der Waals surface area contributed by atoms with Crippen molar-refractivity contribution in [1.29, 1.82) is 0 Å². The molecule has 0 aromatic heterocycles. The molecule has 0 saturated heterocycles. The molecule has 0 aliphatic rings. The minimum absolute atomic E-state index is 0.0456. The van der Waals surface area contributed by atoms with Crippen LogP contribution in [0.4, 0.5) is 4.39 Å². The fourth-order valence-electron chi connectivity index (χ4n) is 1.51. The van der Waals surface area contributed by atoms with E-state index >= 15 is 0 Å². The van der Waals surface area contributed by atoms with Crippen LogP contribution in [-0.2, 0) is 6.42 Å². The molecule has 0 aliphatic carbocycles. The van der Waals surface area contributed by atoms with E-state index in [0.29, 0.717) is 6.61 Å². The number of aryl methyl sites for hydroxylation is 1. The molecule has 84 valence electrons. The van der Waals surface area contributed by atoms with Gasteiger partial charge < -0.3 is 4.74 Å². The first-order chi connectivity index (χ1) is 7.21. The van der Waals surface area contributed by atoms with Crippen LogP contribution in [0.25, 0.3) is 0 Å². The van der Waals surface area contributed by atoms with Gasteiger partial charge in [0.05, 0.1) is 13.3 Å². The molecule has 1 unspecified atom stereocenters. The number of alkyl halides is 1. The summed E-state index contributed by atoms with van der Waals surface area (Å²) in [6.45, 7) is 6.27. The zero-order valence-corrected chi connectivity index (χ0v) is 9.72. The molecule has 1 rings (SSSR count). The van der Waals surface area contributed by atoms with Crippen LogP contribution in [0.5, 0.6) is 5.75 Å². The first-order valence-electron chi connectivity index (χ1n) is 5.53. The Morgan fingerprint density at radius 3 is 2.53 bits per heavy atom. The molecule has 0 saturated carbocycles. The van der Waals surface area contributed by atoms with Crippen molar-refractivity contribution in [3.8, 4) is 5.75 Å². The monoisotopic (exact) mass is 210 g/mol. The van der Waals surface area contributed by atoms with Gasteiger partial charge in [-0.3, -0.25) is 4.39 Å². The standard InChI is InChI=1S/C13H19FO/c1-4-11-6-12(10(3)9-14)8-13(7-11)15-5-2/h6-8,10H,4-5,9H2,1-3H3. The lowest BCUT2D eigenvalue weighted by Gasteiger charge is -2.12. The minimum Gasteiger partial charge on any atom is -0.494 e. The van der Waals surface area contributed by atoms with Crippen LogP contribution in [-0.4, -0.2) is 13.3 Å². The Bertz CT molecular complexity index is 309. The summed E-state index contributed by atoms with van der Waals surface area (Å²) in [6.07, 6.45) is 0.951. The van der Waals surface area contributed by atoms with E-state index in [-0.39, 0.29) is 12.6 Å². The van der Waals surface area contributed by atoms with Gasteiger partial charge in [0.1, 0.15) is 5.75 Å². The van der Waals surface area contributed by atoms with Gasteiger partial charge in [0, 0.05) is 5.92 Å². The summed E-state index contributed by atoms with van der Waals surface area (Å²) in [5.41, 5.74) is 2.23. The number of ether oxygens (including phenoxy) is 1. The van der Waals surface area contributed by atoms with E-state index in [1.807, 2.05) is 26.0 Å². The Balaban J connectivity index is 2.99. The summed E-state index contributed by atoms with van der Waals surface area (Å²) < 4.78 is 18.0. The van der Waals surface area contributed by atoms with Gasteiger partial charge in [0.15, 0.2) is 0 Å². The molecule has 15 heavy (non-hydrogen) atoms. The van der Waals surface area contributed by atoms with Crippen molar-refractivity contribution in [2.75, 3.05) is 13.3 Å². The lowest BCUT2D eigenvalue weighted by atomic mass is 9.99. The largest absolute Gasteiger partial charge is 0.494 e. The van der Waals surface area contributed by atoms with Crippen molar-refractivity contribution >= 4 is 0 Å². The molecular weight excluding hydrogens is 191 g/mol. The van der Waals surface area contributed by atoms with Gasteiger partial charge in [-0.1, -0.05) is 19.9 Å². The van der Waals surface area contributed by atoms with Gasteiger partial charge in [-0.15, -0.1) is 0 Å². The van der Waals surface area contributed by atoms with Gasteiger partial charge in [0.2, 0.25) is 0 Å². The van der Waals surface area contributed by atoms with Crippen LogP contribution in [0.1, 0.15) is 37.8 Å². The lowest BCUT2D eigenvalue weighted by molar-refractivity contribution is 0.339. The molecule has 0 N–H and O–H groups in total. The molecule has 1 aromatic carbocycles. The number of benzene rings is 1. The van der Waals surface area contributed by atoms with Crippen molar-refractivity contribution < 1.29 is 9.13 Å². The van der Waals surface area contributed by atoms with Gasteiger partial charge in [-0.05, 0) is 36.6 Å². The number of hydrogen-bond acceptors (Lipinski definition) is 1. The van der Waals surface area contributed by atoms with Crippen molar-refractivity contribution in [3.05, 3.63) is 29.3 Å². The SMILES string of the molecule is CCOc1cc(CC)cc(C(C)CF)c1.